The van der Waals surface area contributed by atoms with Crippen molar-refractivity contribution in [1.29, 1.82) is 0 Å². The van der Waals surface area contributed by atoms with Crippen LogP contribution in [-0.4, -0.2) is 54.8 Å². The maximum atomic E-state index is 13.3. The van der Waals surface area contributed by atoms with Crippen LogP contribution in [0.15, 0.2) is 52.5 Å². The molecule has 0 saturated carbocycles. The van der Waals surface area contributed by atoms with Crippen molar-refractivity contribution in [2.75, 3.05) is 30.8 Å². The van der Waals surface area contributed by atoms with Crippen LogP contribution in [0.4, 0.5) is 11.5 Å². The van der Waals surface area contributed by atoms with Gasteiger partial charge in [0.15, 0.2) is 5.82 Å². The predicted octanol–water partition coefficient (Wildman–Crippen LogP) is 2.96. The third-order valence-corrected chi connectivity index (χ3v) is 7.07. The second-order valence-corrected chi connectivity index (χ2v) is 10.6. The molecule has 1 saturated heterocycles. The molecule has 30 heavy (non-hydrogen) atoms. The van der Waals surface area contributed by atoms with E-state index in [0.29, 0.717) is 30.4 Å². The monoisotopic (exact) mass is 429 g/mol. The average Bonchev–Trinajstić information content (AvgIpc) is 3.13. The minimum atomic E-state index is -3.68. The van der Waals surface area contributed by atoms with E-state index in [9.17, 15) is 8.42 Å². The standard InChI is InChI=1S/C21H27N5O3S/c1-20(2,3)25-19-21(24-17-9-6-11-22-18(17)23-19)10-12-26(14-21)30(27,28)16-8-5-7-15(13-16)29-4/h5-9,11,13,24H,10,12,14H2,1-4H3,(H,22,23,25). The number of hydrogen-bond donors (Lipinski definition) is 2. The summed E-state index contributed by atoms with van der Waals surface area (Å²) in [7, 11) is -2.15. The Balaban J connectivity index is 1.71. The number of benzene rings is 1. The second-order valence-electron chi connectivity index (χ2n) is 8.63. The lowest BCUT2D eigenvalue weighted by molar-refractivity contribution is 0.412. The number of sulfonamides is 1. The highest BCUT2D eigenvalue weighted by Gasteiger charge is 2.49. The van der Waals surface area contributed by atoms with Gasteiger partial charge in [-0.05, 0) is 51.5 Å². The van der Waals surface area contributed by atoms with Gasteiger partial charge in [0.1, 0.15) is 17.1 Å². The number of ether oxygens (including phenoxy) is 1. The molecule has 2 aliphatic heterocycles. The summed E-state index contributed by atoms with van der Waals surface area (Å²) >= 11 is 0. The highest BCUT2D eigenvalue weighted by molar-refractivity contribution is 7.89. The molecule has 160 valence electrons. The summed E-state index contributed by atoms with van der Waals surface area (Å²) in [6.07, 6.45) is 2.31. The highest BCUT2D eigenvalue weighted by atomic mass is 32.2. The number of rotatable bonds is 3. The number of amidine groups is 1. The Morgan fingerprint density at radius 2 is 2.03 bits per heavy atom. The highest BCUT2D eigenvalue weighted by Crippen LogP contribution is 2.38. The summed E-state index contributed by atoms with van der Waals surface area (Å²) in [5.41, 5.74) is -0.136. The van der Waals surface area contributed by atoms with E-state index in [1.807, 2.05) is 32.9 Å². The molecule has 2 aliphatic rings. The van der Waals surface area contributed by atoms with Gasteiger partial charge in [-0.2, -0.15) is 4.31 Å². The van der Waals surface area contributed by atoms with Gasteiger partial charge < -0.3 is 15.4 Å². The van der Waals surface area contributed by atoms with E-state index < -0.39 is 15.6 Å². The zero-order valence-corrected chi connectivity index (χ0v) is 18.5. The number of hydrogen-bond acceptors (Lipinski definition) is 6. The van der Waals surface area contributed by atoms with Crippen molar-refractivity contribution in [1.82, 2.24) is 9.29 Å². The first-order valence-electron chi connectivity index (χ1n) is 9.88. The molecule has 2 aromatic rings. The number of nitrogens with zero attached hydrogens (tertiary/aromatic N) is 3. The van der Waals surface area contributed by atoms with Crippen LogP contribution in [0.3, 0.4) is 0 Å². The molecule has 4 rings (SSSR count). The maximum Gasteiger partial charge on any atom is 0.243 e. The Labute approximate surface area is 177 Å². The van der Waals surface area contributed by atoms with Crippen LogP contribution < -0.4 is 15.4 Å². The Bertz CT molecular complexity index is 1090. The Hall–Kier alpha value is -2.65. The summed E-state index contributed by atoms with van der Waals surface area (Å²) in [6, 6.07) is 10.4. The zero-order chi connectivity index (χ0) is 21.6. The van der Waals surface area contributed by atoms with Crippen molar-refractivity contribution in [2.45, 2.75) is 43.2 Å². The molecule has 2 N–H and O–H groups in total. The molecule has 9 heteroatoms. The summed E-state index contributed by atoms with van der Waals surface area (Å²) in [6.45, 7) is 6.70. The van der Waals surface area contributed by atoms with Gasteiger partial charge in [-0.1, -0.05) is 6.07 Å². The molecule has 1 fully saturated rings. The minimum absolute atomic E-state index is 0.221. The fraction of sp³-hybridized carbons (Fsp3) is 0.429. The van der Waals surface area contributed by atoms with Crippen molar-refractivity contribution in [3.8, 4) is 5.75 Å². The van der Waals surface area contributed by atoms with Crippen LogP contribution in [0, 0.1) is 0 Å². The SMILES string of the molecule is COc1cccc(S(=O)(=O)N2CCC3(C2)Nc2cccnc2NC3=NC(C)(C)C)c1. The summed E-state index contributed by atoms with van der Waals surface area (Å²) < 4.78 is 33.4. The lowest BCUT2D eigenvalue weighted by Crippen LogP contribution is -2.55. The molecule has 0 amide bonds. The van der Waals surface area contributed by atoms with E-state index in [4.69, 9.17) is 9.73 Å². The van der Waals surface area contributed by atoms with Gasteiger partial charge in [-0.3, -0.25) is 4.99 Å². The fourth-order valence-corrected chi connectivity index (χ4v) is 5.35. The summed E-state index contributed by atoms with van der Waals surface area (Å²) in [4.78, 5) is 9.49. The van der Waals surface area contributed by atoms with Crippen LogP contribution in [0.1, 0.15) is 27.2 Å². The van der Waals surface area contributed by atoms with Crippen molar-refractivity contribution < 1.29 is 13.2 Å². The van der Waals surface area contributed by atoms with E-state index in [2.05, 4.69) is 15.6 Å². The number of methoxy groups -OCH3 is 1. The van der Waals surface area contributed by atoms with Crippen LogP contribution in [0.2, 0.25) is 0 Å². The Morgan fingerprint density at radius 1 is 1.23 bits per heavy atom. The molecule has 1 aromatic carbocycles. The van der Waals surface area contributed by atoms with Crippen molar-refractivity contribution in [3.63, 3.8) is 0 Å². The van der Waals surface area contributed by atoms with Crippen molar-refractivity contribution in [3.05, 3.63) is 42.6 Å². The van der Waals surface area contributed by atoms with E-state index in [1.165, 1.54) is 11.4 Å². The zero-order valence-electron chi connectivity index (χ0n) is 17.6. The number of pyridine rings is 1. The normalized spacial score (nSPS) is 23.1. The first-order valence-corrected chi connectivity index (χ1v) is 11.3. The maximum absolute atomic E-state index is 13.3. The van der Waals surface area contributed by atoms with Crippen LogP contribution >= 0.6 is 0 Å². The first kappa shape index (κ1) is 20.6. The van der Waals surface area contributed by atoms with Crippen molar-refractivity contribution >= 4 is 27.4 Å². The van der Waals surface area contributed by atoms with Gasteiger partial charge >= 0.3 is 0 Å². The topological polar surface area (TPSA) is 95.9 Å². The molecule has 0 aliphatic carbocycles. The molecule has 0 bridgehead atoms. The second kappa shape index (κ2) is 7.24. The molecular formula is C21H27N5O3S. The lowest BCUT2D eigenvalue weighted by Gasteiger charge is -2.39. The Kier molecular flexibility index (Phi) is 4.98. The van der Waals surface area contributed by atoms with E-state index in [1.54, 1.807) is 30.5 Å². The van der Waals surface area contributed by atoms with Gasteiger partial charge in [0.05, 0.1) is 23.2 Å². The molecule has 1 spiro atoms. The van der Waals surface area contributed by atoms with E-state index in [-0.39, 0.29) is 17.0 Å². The number of aromatic nitrogens is 1. The smallest absolute Gasteiger partial charge is 0.243 e. The fourth-order valence-electron chi connectivity index (χ4n) is 3.81. The van der Waals surface area contributed by atoms with Gasteiger partial charge in [0, 0.05) is 25.4 Å². The lowest BCUT2D eigenvalue weighted by atomic mass is 9.93. The van der Waals surface area contributed by atoms with E-state index in [0.717, 1.165) is 5.69 Å². The molecule has 1 aromatic heterocycles. The van der Waals surface area contributed by atoms with Crippen molar-refractivity contribution in [2.24, 2.45) is 4.99 Å². The Morgan fingerprint density at radius 3 is 2.77 bits per heavy atom. The van der Waals surface area contributed by atoms with Gasteiger partial charge in [-0.25, -0.2) is 13.4 Å². The van der Waals surface area contributed by atoms with Gasteiger partial charge in [0.2, 0.25) is 10.0 Å². The van der Waals surface area contributed by atoms with Gasteiger partial charge in [0.25, 0.3) is 0 Å². The average molecular weight is 430 g/mol. The van der Waals surface area contributed by atoms with Crippen LogP contribution in [0.25, 0.3) is 0 Å². The van der Waals surface area contributed by atoms with Crippen LogP contribution in [0.5, 0.6) is 5.75 Å². The number of anilines is 2. The molecular weight excluding hydrogens is 402 g/mol. The summed E-state index contributed by atoms with van der Waals surface area (Å²) in [5, 5.41) is 6.89. The largest absolute Gasteiger partial charge is 0.497 e. The molecule has 1 unspecified atom stereocenters. The quantitative estimate of drug-likeness (QED) is 0.779. The van der Waals surface area contributed by atoms with Gasteiger partial charge in [-0.15, -0.1) is 0 Å². The number of aliphatic imine (C=N–C) groups is 1. The predicted molar refractivity (Wildman–Crippen MR) is 118 cm³/mol. The number of nitrogens with one attached hydrogen (secondary N) is 2. The first-order chi connectivity index (χ1) is 14.1. The number of fused-ring (bicyclic) bond motifs is 1. The summed E-state index contributed by atoms with van der Waals surface area (Å²) in [5.74, 6) is 1.92. The van der Waals surface area contributed by atoms with Crippen LogP contribution in [-0.2, 0) is 10.0 Å². The molecule has 1 atom stereocenters. The third kappa shape index (κ3) is 3.75. The molecule has 0 radical (unpaired) electrons. The third-order valence-electron chi connectivity index (χ3n) is 5.23. The molecule has 3 heterocycles. The molecule has 8 nitrogen and oxygen atoms in total. The minimum Gasteiger partial charge on any atom is -0.497 e. The van der Waals surface area contributed by atoms with E-state index >= 15 is 0 Å².